The minimum absolute atomic E-state index is 0.330. The number of benzene rings is 2. The molecule has 6 nitrogen and oxygen atoms in total. The van der Waals surface area contributed by atoms with Crippen LogP contribution >= 0.6 is 0 Å². The Morgan fingerprint density at radius 1 is 0.966 bits per heavy atom. The van der Waals surface area contributed by atoms with Gasteiger partial charge in [-0.3, -0.25) is 0 Å². The average molecular weight is 391 g/mol. The molecule has 0 unspecified atom stereocenters. The van der Waals surface area contributed by atoms with E-state index in [2.05, 4.69) is 20.9 Å². The summed E-state index contributed by atoms with van der Waals surface area (Å²) in [6, 6.07) is 16.0. The summed E-state index contributed by atoms with van der Waals surface area (Å²) in [5.41, 5.74) is 1.63. The number of anilines is 2. The van der Waals surface area contributed by atoms with Crippen molar-refractivity contribution >= 4 is 28.2 Å². The Balaban J connectivity index is 1.59. The van der Waals surface area contributed by atoms with Crippen LogP contribution in [-0.4, -0.2) is 50.8 Å². The van der Waals surface area contributed by atoms with Crippen LogP contribution in [-0.2, 0) is 4.74 Å². The monoisotopic (exact) mass is 391 g/mol. The van der Waals surface area contributed by atoms with E-state index in [1.165, 1.54) is 0 Å². The van der Waals surface area contributed by atoms with Crippen molar-refractivity contribution in [1.29, 1.82) is 0 Å². The number of aromatic nitrogens is 1. The average Bonchev–Trinajstić information content (AvgIpc) is 2.78. The first-order valence-electron chi connectivity index (χ1n) is 9.90. The molecule has 0 amide bonds. The van der Waals surface area contributed by atoms with E-state index in [1.807, 2.05) is 49.4 Å². The van der Waals surface area contributed by atoms with Crippen molar-refractivity contribution in [3.63, 3.8) is 0 Å². The van der Waals surface area contributed by atoms with Crippen molar-refractivity contribution in [3.05, 3.63) is 60.3 Å². The van der Waals surface area contributed by atoms with Gasteiger partial charge in [0.2, 0.25) is 0 Å². The first-order valence-corrected chi connectivity index (χ1v) is 9.90. The van der Waals surface area contributed by atoms with Gasteiger partial charge in [-0.2, -0.15) is 0 Å². The highest BCUT2D eigenvalue weighted by Gasteiger charge is 2.23. The molecular formula is C23H25N3O3. The summed E-state index contributed by atoms with van der Waals surface area (Å²) in [6.45, 7) is 5.58. The van der Waals surface area contributed by atoms with Crippen molar-refractivity contribution in [2.75, 3.05) is 49.7 Å². The van der Waals surface area contributed by atoms with E-state index in [0.29, 0.717) is 12.2 Å². The molecule has 1 aliphatic rings. The molecule has 0 radical (unpaired) electrons. The molecule has 0 bridgehead atoms. The van der Waals surface area contributed by atoms with Crippen molar-refractivity contribution in [2.45, 2.75) is 6.92 Å². The molecule has 0 N–H and O–H groups in total. The van der Waals surface area contributed by atoms with Crippen molar-refractivity contribution in [2.24, 2.45) is 0 Å². The minimum atomic E-state index is -0.330. The Kier molecular flexibility index (Phi) is 5.51. The van der Waals surface area contributed by atoms with Gasteiger partial charge in [-0.1, -0.05) is 36.4 Å². The van der Waals surface area contributed by atoms with E-state index in [1.54, 1.807) is 13.3 Å². The van der Waals surface area contributed by atoms with Gasteiger partial charge in [0.25, 0.3) is 0 Å². The number of rotatable bonds is 5. The highest BCUT2D eigenvalue weighted by Crippen LogP contribution is 2.31. The molecule has 3 aromatic rings. The molecule has 1 aromatic heterocycles. The fourth-order valence-corrected chi connectivity index (χ4v) is 3.85. The molecule has 0 aliphatic carbocycles. The second kappa shape index (κ2) is 8.39. The van der Waals surface area contributed by atoms with Gasteiger partial charge in [-0.15, -0.1) is 0 Å². The van der Waals surface area contributed by atoms with Gasteiger partial charge in [0.05, 0.1) is 25.0 Å². The molecule has 2 aromatic carbocycles. The largest absolute Gasteiger partial charge is 0.495 e. The van der Waals surface area contributed by atoms with Crippen molar-refractivity contribution in [3.8, 4) is 5.75 Å². The van der Waals surface area contributed by atoms with Crippen LogP contribution in [0.1, 0.15) is 17.3 Å². The van der Waals surface area contributed by atoms with Crippen LogP contribution in [0.15, 0.2) is 54.7 Å². The standard InChI is InChI=1S/C23H25N3O3/c1-3-29-23(27)19-16-24-22(18-9-5-4-8-17(18)19)26-14-12-25(13-15-26)20-10-6-7-11-21(20)28-2/h4-11,16H,3,12-15H2,1-2H3. The maximum atomic E-state index is 12.3. The Morgan fingerprint density at radius 3 is 2.34 bits per heavy atom. The third-order valence-corrected chi connectivity index (χ3v) is 5.27. The molecule has 29 heavy (non-hydrogen) atoms. The van der Waals surface area contributed by atoms with Crippen LogP contribution < -0.4 is 14.5 Å². The quantitative estimate of drug-likeness (QED) is 0.618. The number of ether oxygens (including phenoxy) is 2. The molecule has 1 fully saturated rings. The minimum Gasteiger partial charge on any atom is -0.495 e. The van der Waals surface area contributed by atoms with Gasteiger partial charge >= 0.3 is 5.97 Å². The Hall–Kier alpha value is -3.28. The van der Waals surface area contributed by atoms with Gasteiger partial charge in [-0.05, 0) is 19.1 Å². The zero-order valence-corrected chi connectivity index (χ0v) is 16.8. The van der Waals surface area contributed by atoms with Crippen LogP contribution in [0.2, 0.25) is 0 Å². The molecule has 2 heterocycles. The van der Waals surface area contributed by atoms with Crippen LogP contribution in [0.25, 0.3) is 10.8 Å². The number of para-hydroxylation sites is 2. The molecule has 0 saturated carbocycles. The lowest BCUT2D eigenvalue weighted by molar-refractivity contribution is 0.0528. The Bertz CT molecular complexity index is 1010. The van der Waals surface area contributed by atoms with Gasteiger partial charge < -0.3 is 19.3 Å². The van der Waals surface area contributed by atoms with E-state index < -0.39 is 0 Å². The molecule has 1 saturated heterocycles. The highest BCUT2D eigenvalue weighted by atomic mass is 16.5. The van der Waals surface area contributed by atoms with Crippen LogP contribution in [0.4, 0.5) is 11.5 Å². The number of hydrogen-bond donors (Lipinski definition) is 0. The number of carbonyl (C=O) groups is 1. The molecule has 0 atom stereocenters. The number of esters is 1. The van der Waals surface area contributed by atoms with Crippen LogP contribution in [0.3, 0.4) is 0 Å². The summed E-state index contributed by atoms with van der Waals surface area (Å²) >= 11 is 0. The number of fused-ring (bicyclic) bond motifs is 1. The topological polar surface area (TPSA) is 54.9 Å². The Labute approximate surface area is 170 Å². The van der Waals surface area contributed by atoms with Gasteiger partial charge in [0.15, 0.2) is 0 Å². The zero-order valence-electron chi connectivity index (χ0n) is 16.8. The van der Waals surface area contributed by atoms with E-state index >= 15 is 0 Å². The Morgan fingerprint density at radius 2 is 1.62 bits per heavy atom. The SMILES string of the molecule is CCOC(=O)c1cnc(N2CCN(c3ccccc3OC)CC2)c2ccccc12. The van der Waals surface area contributed by atoms with Gasteiger partial charge in [0.1, 0.15) is 11.6 Å². The van der Waals surface area contributed by atoms with E-state index in [4.69, 9.17) is 9.47 Å². The lowest BCUT2D eigenvalue weighted by Gasteiger charge is -2.37. The molecular weight excluding hydrogens is 366 g/mol. The van der Waals surface area contributed by atoms with Crippen molar-refractivity contribution in [1.82, 2.24) is 4.98 Å². The number of pyridine rings is 1. The van der Waals surface area contributed by atoms with Crippen LogP contribution in [0.5, 0.6) is 5.75 Å². The smallest absolute Gasteiger partial charge is 0.340 e. The first-order chi connectivity index (χ1) is 14.2. The lowest BCUT2D eigenvalue weighted by Crippen LogP contribution is -2.47. The zero-order chi connectivity index (χ0) is 20.2. The molecule has 1 aliphatic heterocycles. The van der Waals surface area contributed by atoms with Crippen molar-refractivity contribution < 1.29 is 14.3 Å². The molecule has 4 rings (SSSR count). The maximum absolute atomic E-state index is 12.3. The van der Waals surface area contributed by atoms with E-state index in [9.17, 15) is 4.79 Å². The van der Waals surface area contributed by atoms with Gasteiger partial charge in [-0.25, -0.2) is 9.78 Å². The molecule has 150 valence electrons. The lowest BCUT2D eigenvalue weighted by atomic mass is 10.1. The summed E-state index contributed by atoms with van der Waals surface area (Å²) < 4.78 is 10.7. The van der Waals surface area contributed by atoms with Crippen LogP contribution in [0, 0.1) is 0 Å². The normalized spacial score (nSPS) is 14.1. The second-order valence-corrected chi connectivity index (χ2v) is 6.91. The third kappa shape index (κ3) is 3.70. The molecule has 6 heteroatoms. The fourth-order valence-electron chi connectivity index (χ4n) is 3.85. The predicted molar refractivity (Wildman–Crippen MR) is 115 cm³/mol. The number of nitrogens with zero attached hydrogens (tertiary/aromatic N) is 3. The van der Waals surface area contributed by atoms with E-state index in [-0.39, 0.29) is 5.97 Å². The van der Waals surface area contributed by atoms with E-state index in [0.717, 1.165) is 54.2 Å². The number of methoxy groups -OCH3 is 1. The number of hydrogen-bond acceptors (Lipinski definition) is 6. The summed E-state index contributed by atoms with van der Waals surface area (Å²) in [5, 5.41) is 1.85. The highest BCUT2D eigenvalue weighted by molar-refractivity contribution is 6.07. The summed E-state index contributed by atoms with van der Waals surface area (Å²) in [4.78, 5) is 21.6. The summed E-state index contributed by atoms with van der Waals surface area (Å²) in [6.07, 6.45) is 1.64. The second-order valence-electron chi connectivity index (χ2n) is 6.91. The van der Waals surface area contributed by atoms with Gasteiger partial charge in [0, 0.05) is 43.1 Å². The fraction of sp³-hybridized carbons (Fsp3) is 0.304. The summed E-state index contributed by atoms with van der Waals surface area (Å²) in [5.74, 6) is 1.47. The summed E-state index contributed by atoms with van der Waals surface area (Å²) in [7, 11) is 1.70. The predicted octanol–water partition coefficient (Wildman–Crippen LogP) is 3.75. The third-order valence-electron chi connectivity index (χ3n) is 5.27. The first kappa shape index (κ1) is 19.1. The number of carbonyl (C=O) groups excluding carboxylic acids is 1. The molecule has 0 spiro atoms. The number of piperazine rings is 1. The maximum Gasteiger partial charge on any atom is 0.340 e.